The maximum Gasteiger partial charge on any atom is 0.267 e. The van der Waals surface area contributed by atoms with Gasteiger partial charge in [-0.1, -0.05) is 36.8 Å². The summed E-state index contributed by atoms with van der Waals surface area (Å²) in [6.07, 6.45) is 7.81. The van der Waals surface area contributed by atoms with Gasteiger partial charge in [0, 0.05) is 44.3 Å². The Morgan fingerprint density at radius 3 is 2.39 bits per heavy atom. The molecule has 2 N–H and O–H groups in total. The summed E-state index contributed by atoms with van der Waals surface area (Å²) in [6, 6.07) is 15.5. The van der Waals surface area contributed by atoms with Crippen LogP contribution in [0.25, 0.3) is 0 Å². The summed E-state index contributed by atoms with van der Waals surface area (Å²) in [5, 5.41) is 0. The highest BCUT2D eigenvalue weighted by Crippen LogP contribution is 2.53. The fraction of sp³-hybridized carbons (Fsp3) is 0.520. The van der Waals surface area contributed by atoms with E-state index in [2.05, 4.69) is 40.2 Å². The number of nitrogens with zero attached hydrogens (tertiary/aromatic N) is 2. The summed E-state index contributed by atoms with van der Waals surface area (Å²) >= 11 is 0. The first-order valence-corrected chi connectivity index (χ1v) is 11.2. The van der Waals surface area contributed by atoms with Crippen molar-refractivity contribution < 1.29 is 9.53 Å². The number of ether oxygens (including phenoxy) is 1. The molecule has 1 aromatic carbocycles. The SMILES string of the molecule is CO[C@@]1(c2ccnc(C(N)=O)c2)[C@@H]2CCC[C@H]1CN([C@@H]1CC[C@H]1c1ccccc1)C2.Cl. The quantitative estimate of drug-likeness (QED) is 0.757. The number of fused-ring (bicyclic) bond motifs is 2. The largest absolute Gasteiger partial charge is 0.373 e. The van der Waals surface area contributed by atoms with E-state index in [1.165, 1.54) is 24.8 Å². The van der Waals surface area contributed by atoms with E-state index in [-0.39, 0.29) is 18.0 Å². The van der Waals surface area contributed by atoms with Crippen molar-refractivity contribution in [2.45, 2.75) is 49.7 Å². The van der Waals surface area contributed by atoms with Crippen molar-refractivity contribution in [1.82, 2.24) is 9.88 Å². The van der Waals surface area contributed by atoms with Gasteiger partial charge in [0.05, 0.1) is 0 Å². The zero-order chi connectivity index (χ0) is 20.7. The number of amides is 1. The standard InChI is InChI=1S/C25H31N3O2.ClH/c1-30-25(18-12-13-27-22(14-18)24(26)29)19-8-5-9-20(25)16-28(15-19)23-11-10-21(23)17-6-3-2-4-7-17;/h2-4,6-7,12-14,19-21,23H,5,8-11,15-16H2,1H3,(H2,26,29);1H/t19-,20+,21-,23+,25+;/m0./s1. The first-order chi connectivity index (χ1) is 14.6. The molecule has 5 rings (SSSR count). The van der Waals surface area contributed by atoms with Gasteiger partial charge in [-0.2, -0.15) is 0 Å². The molecule has 2 aliphatic carbocycles. The zero-order valence-corrected chi connectivity index (χ0v) is 18.9. The molecule has 1 saturated heterocycles. The molecule has 3 aliphatic rings. The van der Waals surface area contributed by atoms with Crippen molar-refractivity contribution in [3.05, 3.63) is 65.5 Å². The van der Waals surface area contributed by atoms with E-state index in [0.29, 0.717) is 29.5 Å². The van der Waals surface area contributed by atoms with Gasteiger partial charge in [0.1, 0.15) is 11.3 Å². The number of pyridine rings is 1. The van der Waals surface area contributed by atoms with Crippen molar-refractivity contribution >= 4 is 18.3 Å². The first kappa shape index (κ1) is 22.3. The lowest BCUT2D eigenvalue weighted by Crippen LogP contribution is -2.62. The van der Waals surface area contributed by atoms with E-state index < -0.39 is 5.91 Å². The van der Waals surface area contributed by atoms with Crippen molar-refractivity contribution in [2.75, 3.05) is 20.2 Å². The maximum atomic E-state index is 11.7. The number of hydrogen-bond acceptors (Lipinski definition) is 4. The lowest BCUT2D eigenvalue weighted by atomic mass is 9.61. The molecule has 2 saturated carbocycles. The highest BCUT2D eigenvalue weighted by molar-refractivity contribution is 5.90. The Labute approximate surface area is 190 Å². The van der Waals surface area contributed by atoms with Gasteiger partial charge in [0.2, 0.25) is 0 Å². The normalized spacial score (nSPS) is 32.5. The molecule has 5 nitrogen and oxygen atoms in total. The molecule has 0 unspecified atom stereocenters. The number of carbonyl (C=O) groups excluding carboxylic acids is 1. The lowest BCUT2D eigenvalue weighted by Gasteiger charge is -2.58. The molecular formula is C25H32ClN3O2. The van der Waals surface area contributed by atoms with Crippen LogP contribution in [0.5, 0.6) is 0 Å². The molecule has 31 heavy (non-hydrogen) atoms. The minimum atomic E-state index is -0.481. The van der Waals surface area contributed by atoms with Crippen molar-refractivity contribution in [3.8, 4) is 0 Å². The summed E-state index contributed by atoms with van der Waals surface area (Å²) in [4.78, 5) is 18.6. The van der Waals surface area contributed by atoms with Crippen LogP contribution in [-0.2, 0) is 10.3 Å². The Bertz CT molecular complexity index is 908. The maximum absolute atomic E-state index is 11.7. The molecule has 3 fully saturated rings. The van der Waals surface area contributed by atoms with E-state index in [9.17, 15) is 4.79 Å². The number of rotatable bonds is 5. The van der Waals surface area contributed by atoms with Crippen LogP contribution in [0.3, 0.4) is 0 Å². The summed E-state index contributed by atoms with van der Waals surface area (Å²) in [7, 11) is 1.83. The monoisotopic (exact) mass is 441 g/mol. The van der Waals surface area contributed by atoms with E-state index in [4.69, 9.17) is 10.5 Å². The highest BCUT2D eigenvalue weighted by Gasteiger charge is 2.55. The second-order valence-electron chi connectivity index (χ2n) is 9.23. The smallest absolute Gasteiger partial charge is 0.267 e. The van der Waals surface area contributed by atoms with Gasteiger partial charge < -0.3 is 10.5 Å². The number of benzene rings is 1. The van der Waals surface area contributed by atoms with Crippen LogP contribution in [0, 0.1) is 11.8 Å². The molecule has 5 atom stereocenters. The number of halogens is 1. The van der Waals surface area contributed by atoms with Crippen LogP contribution < -0.4 is 5.73 Å². The average Bonchev–Trinajstić information content (AvgIpc) is 2.73. The number of methoxy groups -OCH3 is 1. The van der Waals surface area contributed by atoms with Gasteiger partial charge in [-0.25, -0.2) is 0 Å². The minimum absolute atomic E-state index is 0. The van der Waals surface area contributed by atoms with Crippen molar-refractivity contribution in [2.24, 2.45) is 17.6 Å². The molecule has 166 valence electrons. The van der Waals surface area contributed by atoms with E-state index >= 15 is 0 Å². The average molecular weight is 442 g/mol. The minimum Gasteiger partial charge on any atom is -0.373 e. The molecule has 2 heterocycles. The number of hydrogen-bond donors (Lipinski definition) is 1. The molecule has 2 bridgehead atoms. The molecular weight excluding hydrogens is 410 g/mol. The number of primary amides is 1. The number of piperidine rings is 1. The molecule has 1 aromatic heterocycles. The highest BCUT2D eigenvalue weighted by atomic mass is 35.5. The lowest BCUT2D eigenvalue weighted by molar-refractivity contribution is -0.179. The summed E-state index contributed by atoms with van der Waals surface area (Å²) in [5.41, 5.74) is 8.03. The summed E-state index contributed by atoms with van der Waals surface area (Å²) in [5.74, 6) is 0.987. The van der Waals surface area contributed by atoms with Crippen LogP contribution in [0.4, 0.5) is 0 Å². The van der Waals surface area contributed by atoms with Crippen molar-refractivity contribution in [3.63, 3.8) is 0 Å². The molecule has 1 aliphatic heterocycles. The van der Waals surface area contributed by atoms with Crippen LogP contribution in [0.2, 0.25) is 0 Å². The number of likely N-dealkylation sites (tertiary alicyclic amines) is 1. The van der Waals surface area contributed by atoms with Gasteiger partial charge in [-0.15, -0.1) is 12.4 Å². The Morgan fingerprint density at radius 2 is 1.81 bits per heavy atom. The molecule has 6 heteroatoms. The second kappa shape index (κ2) is 8.89. The predicted octanol–water partition coefficient (Wildman–Crippen LogP) is 4.12. The third-order valence-electron chi connectivity index (χ3n) is 7.96. The van der Waals surface area contributed by atoms with Gasteiger partial charge in [-0.05, 0) is 54.9 Å². The Balaban J connectivity index is 0.00000231. The van der Waals surface area contributed by atoms with Crippen molar-refractivity contribution in [1.29, 1.82) is 0 Å². The molecule has 1 amide bonds. The Morgan fingerprint density at radius 1 is 1.10 bits per heavy atom. The van der Waals surface area contributed by atoms with Crippen LogP contribution >= 0.6 is 12.4 Å². The van der Waals surface area contributed by atoms with Crippen LogP contribution in [0.1, 0.15) is 59.6 Å². The summed E-state index contributed by atoms with van der Waals surface area (Å²) in [6.45, 7) is 2.10. The van der Waals surface area contributed by atoms with E-state index in [1.54, 1.807) is 6.20 Å². The van der Waals surface area contributed by atoms with Gasteiger partial charge in [-0.3, -0.25) is 14.7 Å². The molecule has 0 spiro atoms. The fourth-order valence-electron chi connectivity index (χ4n) is 6.48. The second-order valence-corrected chi connectivity index (χ2v) is 9.23. The predicted molar refractivity (Wildman–Crippen MR) is 123 cm³/mol. The first-order valence-electron chi connectivity index (χ1n) is 11.2. The van der Waals surface area contributed by atoms with E-state index in [1.807, 2.05) is 19.2 Å². The third-order valence-corrected chi connectivity index (χ3v) is 7.96. The van der Waals surface area contributed by atoms with Crippen LogP contribution in [-0.4, -0.2) is 42.0 Å². The number of carbonyl (C=O) groups is 1. The fourth-order valence-corrected chi connectivity index (χ4v) is 6.48. The molecule has 2 aromatic rings. The Kier molecular flexibility index (Phi) is 6.38. The third kappa shape index (κ3) is 3.67. The summed E-state index contributed by atoms with van der Waals surface area (Å²) < 4.78 is 6.35. The van der Waals surface area contributed by atoms with Gasteiger partial charge in [0.25, 0.3) is 5.91 Å². The Hall–Kier alpha value is -1.95. The van der Waals surface area contributed by atoms with Crippen LogP contribution in [0.15, 0.2) is 48.7 Å². The molecule has 0 radical (unpaired) electrons. The topological polar surface area (TPSA) is 68.5 Å². The zero-order valence-electron chi connectivity index (χ0n) is 18.1. The number of aromatic nitrogens is 1. The number of nitrogens with two attached hydrogens (primary N) is 1. The van der Waals surface area contributed by atoms with E-state index in [0.717, 1.165) is 31.5 Å². The van der Waals surface area contributed by atoms with Gasteiger partial charge in [0.15, 0.2) is 0 Å². The van der Waals surface area contributed by atoms with Gasteiger partial charge >= 0.3 is 0 Å².